The maximum absolute atomic E-state index is 9.44. The van der Waals surface area contributed by atoms with Crippen molar-refractivity contribution in [3.05, 3.63) is 78.1 Å². The fourth-order valence-corrected chi connectivity index (χ4v) is 2.67. The Hall–Kier alpha value is -3.32. The summed E-state index contributed by atoms with van der Waals surface area (Å²) in [5.74, 6) is 0.818. The highest BCUT2D eigenvalue weighted by Crippen LogP contribution is 2.12. The summed E-state index contributed by atoms with van der Waals surface area (Å²) >= 11 is 0. The third-order valence-corrected chi connectivity index (χ3v) is 3.88. The van der Waals surface area contributed by atoms with Crippen LogP contribution in [0, 0.1) is 0 Å². The van der Waals surface area contributed by atoms with Crippen molar-refractivity contribution in [1.29, 1.82) is 0 Å². The normalized spacial score (nSPS) is 12.6. The van der Waals surface area contributed by atoms with Crippen molar-refractivity contribution in [3.8, 4) is 0 Å². The van der Waals surface area contributed by atoms with Gasteiger partial charge in [0.05, 0.1) is 18.8 Å². The molecule has 1 atom stereocenters. The summed E-state index contributed by atoms with van der Waals surface area (Å²) in [4.78, 5) is 11.6. The Kier molecular flexibility index (Phi) is 5.84. The predicted molar refractivity (Wildman–Crippen MR) is 103 cm³/mol. The number of hydroxylamine groups is 1. The number of nitrogens with two attached hydrogens (primary N) is 1. The first-order valence-corrected chi connectivity index (χ1v) is 8.35. The molecule has 2 aromatic carbocycles. The van der Waals surface area contributed by atoms with Crippen molar-refractivity contribution in [2.75, 3.05) is 17.6 Å². The monoisotopic (exact) mass is 350 g/mol. The average Bonchev–Trinajstić information content (AvgIpc) is 3.08. The van der Waals surface area contributed by atoms with Gasteiger partial charge in [-0.1, -0.05) is 48.5 Å². The Bertz CT molecular complexity index is 832. The van der Waals surface area contributed by atoms with Crippen molar-refractivity contribution in [2.45, 2.75) is 12.5 Å². The SMILES string of the molecule is Nc1ncc(CC(CN=C(NO)c2ccccc2)Nc2ccccc2)[nH]1. The van der Waals surface area contributed by atoms with E-state index in [0.29, 0.717) is 24.7 Å². The Labute approximate surface area is 152 Å². The number of para-hydroxylation sites is 1. The van der Waals surface area contributed by atoms with Crippen LogP contribution in [-0.4, -0.2) is 33.6 Å². The van der Waals surface area contributed by atoms with Gasteiger partial charge in [-0.2, -0.15) is 0 Å². The predicted octanol–water partition coefficient (Wildman–Crippen LogP) is 2.44. The molecule has 0 spiro atoms. The molecule has 1 unspecified atom stereocenters. The van der Waals surface area contributed by atoms with Crippen LogP contribution in [0.25, 0.3) is 0 Å². The van der Waals surface area contributed by atoms with E-state index >= 15 is 0 Å². The molecule has 7 nitrogen and oxygen atoms in total. The van der Waals surface area contributed by atoms with Crippen molar-refractivity contribution < 1.29 is 5.21 Å². The van der Waals surface area contributed by atoms with Crippen LogP contribution in [0.15, 0.2) is 71.9 Å². The van der Waals surface area contributed by atoms with Crippen LogP contribution in [0.1, 0.15) is 11.3 Å². The first-order valence-electron chi connectivity index (χ1n) is 8.35. The summed E-state index contributed by atoms with van der Waals surface area (Å²) in [7, 11) is 0. The number of hydrogen-bond donors (Lipinski definition) is 5. The molecular formula is C19H22N6O. The number of aromatic amines is 1. The lowest BCUT2D eigenvalue weighted by molar-refractivity contribution is 0.234. The number of aromatic nitrogens is 2. The Balaban J connectivity index is 1.76. The average molecular weight is 350 g/mol. The molecule has 0 radical (unpaired) electrons. The standard InChI is InChI=1S/C19H22N6O/c20-19-22-13-17(24-19)11-16(23-15-9-5-2-6-10-15)12-21-18(25-26)14-7-3-1-4-8-14/h1-10,13,16,23,26H,11-12H2,(H,21,25)(H3,20,22,24). The molecule has 0 aliphatic heterocycles. The van der Waals surface area contributed by atoms with Crippen LogP contribution in [-0.2, 0) is 6.42 Å². The number of H-pyrrole nitrogens is 1. The minimum atomic E-state index is -0.00990. The van der Waals surface area contributed by atoms with E-state index in [-0.39, 0.29) is 6.04 Å². The van der Waals surface area contributed by atoms with Crippen molar-refractivity contribution in [1.82, 2.24) is 15.4 Å². The van der Waals surface area contributed by atoms with E-state index < -0.39 is 0 Å². The van der Waals surface area contributed by atoms with E-state index in [2.05, 4.69) is 25.8 Å². The molecule has 0 aliphatic rings. The van der Waals surface area contributed by atoms with E-state index in [1.165, 1.54) is 0 Å². The summed E-state index contributed by atoms with van der Waals surface area (Å²) < 4.78 is 0. The number of nitrogen functional groups attached to an aromatic ring is 1. The van der Waals surface area contributed by atoms with E-state index in [0.717, 1.165) is 16.9 Å². The topological polar surface area (TPSA) is 111 Å². The molecule has 0 aliphatic carbocycles. The van der Waals surface area contributed by atoms with Gasteiger partial charge in [0.2, 0.25) is 0 Å². The molecule has 26 heavy (non-hydrogen) atoms. The first-order chi connectivity index (χ1) is 12.7. The fraction of sp³-hybridized carbons (Fsp3) is 0.158. The summed E-state index contributed by atoms with van der Waals surface area (Å²) in [5, 5.41) is 12.9. The van der Waals surface area contributed by atoms with Crippen LogP contribution >= 0.6 is 0 Å². The minimum Gasteiger partial charge on any atom is -0.380 e. The largest absolute Gasteiger partial charge is 0.380 e. The molecule has 0 saturated heterocycles. The molecule has 3 aromatic rings. The molecule has 7 heteroatoms. The smallest absolute Gasteiger partial charge is 0.197 e. The lowest BCUT2D eigenvalue weighted by Crippen LogP contribution is -2.29. The maximum Gasteiger partial charge on any atom is 0.197 e. The van der Waals surface area contributed by atoms with E-state index in [1.807, 2.05) is 60.7 Å². The molecule has 0 bridgehead atoms. The second-order valence-electron chi connectivity index (χ2n) is 5.87. The van der Waals surface area contributed by atoms with Crippen LogP contribution in [0.2, 0.25) is 0 Å². The van der Waals surface area contributed by atoms with Crippen molar-refractivity contribution >= 4 is 17.5 Å². The number of anilines is 2. The van der Waals surface area contributed by atoms with Gasteiger partial charge < -0.3 is 16.0 Å². The molecule has 1 aromatic heterocycles. The second-order valence-corrected chi connectivity index (χ2v) is 5.87. The first kappa shape index (κ1) is 17.5. The van der Waals surface area contributed by atoms with E-state index in [9.17, 15) is 5.21 Å². The van der Waals surface area contributed by atoms with Gasteiger partial charge in [0, 0.05) is 23.4 Å². The number of amidine groups is 1. The van der Waals surface area contributed by atoms with Gasteiger partial charge in [-0.25, -0.2) is 4.98 Å². The van der Waals surface area contributed by atoms with E-state index in [1.54, 1.807) is 6.20 Å². The van der Waals surface area contributed by atoms with Crippen LogP contribution < -0.4 is 16.5 Å². The van der Waals surface area contributed by atoms with Crippen LogP contribution in [0.4, 0.5) is 11.6 Å². The third kappa shape index (κ3) is 4.84. The quantitative estimate of drug-likeness (QED) is 0.255. The van der Waals surface area contributed by atoms with Crippen LogP contribution in [0.5, 0.6) is 0 Å². The highest BCUT2D eigenvalue weighted by atomic mass is 16.5. The molecule has 0 saturated carbocycles. The lowest BCUT2D eigenvalue weighted by atomic mass is 10.1. The number of aliphatic imine (C=N–C) groups is 1. The van der Waals surface area contributed by atoms with Crippen molar-refractivity contribution in [2.24, 2.45) is 4.99 Å². The molecule has 6 N–H and O–H groups in total. The van der Waals surface area contributed by atoms with Gasteiger partial charge in [-0.05, 0) is 12.1 Å². The summed E-state index contributed by atoms with van der Waals surface area (Å²) in [6.45, 7) is 0.450. The number of nitrogens with zero attached hydrogens (tertiary/aromatic N) is 2. The zero-order valence-electron chi connectivity index (χ0n) is 14.3. The minimum absolute atomic E-state index is 0.00990. The summed E-state index contributed by atoms with van der Waals surface area (Å²) in [5.41, 5.74) is 10.6. The highest BCUT2D eigenvalue weighted by molar-refractivity contribution is 5.97. The number of nitrogens with one attached hydrogen (secondary N) is 3. The molecule has 134 valence electrons. The third-order valence-electron chi connectivity index (χ3n) is 3.88. The molecule has 0 amide bonds. The molecular weight excluding hydrogens is 328 g/mol. The van der Waals surface area contributed by atoms with Gasteiger partial charge in [0.1, 0.15) is 0 Å². The Morgan fingerprint density at radius 2 is 1.81 bits per heavy atom. The molecule has 3 rings (SSSR count). The Morgan fingerprint density at radius 1 is 1.12 bits per heavy atom. The fourth-order valence-electron chi connectivity index (χ4n) is 2.67. The zero-order valence-corrected chi connectivity index (χ0v) is 14.3. The second kappa shape index (κ2) is 8.68. The van der Waals surface area contributed by atoms with E-state index in [4.69, 9.17) is 5.73 Å². The lowest BCUT2D eigenvalue weighted by Gasteiger charge is -2.18. The van der Waals surface area contributed by atoms with Gasteiger partial charge in [0.25, 0.3) is 0 Å². The van der Waals surface area contributed by atoms with Gasteiger partial charge in [0.15, 0.2) is 11.8 Å². The van der Waals surface area contributed by atoms with Crippen LogP contribution in [0.3, 0.4) is 0 Å². The zero-order chi connectivity index (χ0) is 18.2. The summed E-state index contributed by atoms with van der Waals surface area (Å²) in [6, 6.07) is 19.4. The van der Waals surface area contributed by atoms with Gasteiger partial charge >= 0.3 is 0 Å². The number of imidazole rings is 1. The highest BCUT2D eigenvalue weighted by Gasteiger charge is 2.12. The van der Waals surface area contributed by atoms with Gasteiger partial charge in [-0.15, -0.1) is 0 Å². The van der Waals surface area contributed by atoms with Gasteiger partial charge in [-0.3, -0.25) is 15.7 Å². The number of benzene rings is 2. The molecule has 0 fully saturated rings. The number of hydrogen-bond acceptors (Lipinski definition) is 5. The Morgan fingerprint density at radius 3 is 2.42 bits per heavy atom. The maximum atomic E-state index is 9.44. The molecule has 1 heterocycles. The van der Waals surface area contributed by atoms with Crippen molar-refractivity contribution in [3.63, 3.8) is 0 Å². The summed E-state index contributed by atoms with van der Waals surface area (Å²) in [6.07, 6.45) is 2.39. The number of rotatable bonds is 7.